The molecule has 0 bridgehead atoms. The smallest absolute Gasteiger partial charge is 0.306 e. The Kier molecular flexibility index (Phi) is 5.61. The van der Waals surface area contributed by atoms with Crippen LogP contribution >= 0.6 is 0 Å². The van der Waals surface area contributed by atoms with Gasteiger partial charge >= 0.3 is 5.97 Å². The number of esters is 1. The lowest BCUT2D eigenvalue weighted by Crippen LogP contribution is -2.43. The van der Waals surface area contributed by atoms with Gasteiger partial charge in [-0.15, -0.1) is 0 Å². The van der Waals surface area contributed by atoms with Crippen molar-refractivity contribution in [1.82, 2.24) is 5.32 Å². The number of piperidine rings is 1. The van der Waals surface area contributed by atoms with Crippen molar-refractivity contribution in [3.8, 4) is 0 Å². The van der Waals surface area contributed by atoms with E-state index in [9.17, 15) is 9.59 Å². The van der Waals surface area contributed by atoms with Crippen molar-refractivity contribution in [3.05, 3.63) is 71.8 Å². The minimum absolute atomic E-state index is 0.0441. The van der Waals surface area contributed by atoms with Crippen molar-refractivity contribution in [1.29, 1.82) is 0 Å². The van der Waals surface area contributed by atoms with E-state index in [1.807, 2.05) is 60.7 Å². The number of Topliss-reactive ketones (excluding diaryl/α,β-unsaturated/α-hetero) is 1. The third-order valence-corrected chi connectivity index (χ3v) is 4.65. The molecule has 0 radical (unpaired) electrons. The van der Waals surface area contributed by atoms with Gasteiger partial charge in [0.2, 0.25) is 0 Å². The number of nitrogens with one attached hydrogen (secondary N) is 1. The molecule has 1 aliphatic heterocycles. The Bertz CT molecular complexity index is 714. The second kappa shape index (κ2) is 8.08. The number of ketones is 1. The number of hydrogen-bond donors (Lipinski definition) is 1. The van der Waals surface area contributed by atoms with E-state index >= 15 is 0 Å². The van der Waals surface area contributed by atoms with Crippen LogP contribution in [0.1, 0.15) is 43.0 Å². The van der Waals surface area contributed by atoms with Crippen molar-refractivity contribution < 1.29 is 14.3 Å². The van der Waals surface area contributed by atoms with Crippen LogP contribution in [-0.4, -0.2) is 18.4 Å². The lowest BCUT2D eigenvalue weighted by Gasteiger charge is -2.36. The van der Waals surface area contributed by atoms with Gasteiger partial charge in [-0.2, -0.15) is 0 Å². The van der Waals surface area contributed by atoms with Crippen molar-refractivity contribution >= 4 is 11.8 Å². The van der Waals surface area contributed by atoms with Crippen molar-refractivity contribution in [2.75, 3.05) is 6.61 Å². The summed E-state index contributed by atoms with van der Waals surface area (Å²) in [6.45, 7) is 2.11. The molecule has 4 heteroatoms. The third-order valence-electron chi connectivity index (χ3n) is 4.65. The summed E-state index contributed by atoms with van der Waals surface area (Å²) in [4.78, 5) is 24.8. The normalized spacial score (nSPS) is 23.2. The van der Waals surface area contributed by atoms with E-state index in [0.29, 0.717) is 13.0 Å². The number of rotatable bonds is 5. The first-order valence-electron chi connectivity index (χ1n) is 8.73. The van der Waals surface area contributed by atoms with E-state index < -0.39 is 5.92 Å². The van der Waals surface area contributed by atoms with Gasteiger partial charge in [-0.25, -0.2) is 0 Å². The van der Waals surface area contributed by atoms with E-state index in [1.165, 1.54) is 0 Å². The van der Waals surface area contributed by atoms with Gasteiger partial charge in [0.25, 0.3) is 0 Å². The zero-order valence-corrected chi connectivity index (χ0v) is 14.4. The Hall–Kier alpha value is -2.46. The molecule has 130 valence electrons. The highest BCUT2D eigenvalue weighted by molar-refractivity contribution is 5.87. The average molecular weight is 337 g/mol. The SMILES string of the molecule is CCOC(=O)C[C@H]1C(=O)C[C@@H](c2ccccc2)N[C@@H]1c1ccccc1. The molecular weight excluding hydrogens is 314 g/mol. The fraction of sp³-hybridized carbons (Fsp3) is 0.333. The molecular formula is C21H23NO3. The second-order valence-electron chi connectivity index (χ2n) is 6.30. The molecule has 3 rings (SSSR count). The van der Waals surface area contributed by atoms with Crippen LogP contribution in [-0.2, 0) is 14.3 Å². The first-order chi connectivity index (χ1) is 12.2. The van der Waals surface area contributed by atoms with Gasteiger partial charge in [0.15, 0.2) is 0 Å². The predicted octanol–water partition coefficient (Wildman–Crippen LogP) is 3.60. The first-order valence-corrected chi connectivity index (χ1v) is 8.73. The topological polar surface area (TPSA) is 55.4 Å². The Labute approximate surface area is 148 Å². The number of benzene rings is 2. The number of hydrogen-bond acceptors (Lipinski definition) is 4. The fourth-order valence-electron chi connectivity index (χ4n) is 3.45. The van der Waals surface area contributed by atoms with Gasteiger partial charge in [-0.05, 0) is 18.1 Å². The van der Waals surface area contributed by atoms with Crippen molar-refractivity contribution in [2.24, 2.45) is 5.92 Å². The van der Waals surface area contributed by atoms with Crippen LogP contribution in [0.15, 0.2) is 60.7 Å². The maximum Gasteiger partial charge on any atom is 0.306 e. The monoisotopic (exact) mass is 337 g/mol. The van der Waals surface area contributed by atoms with Crippen LogP contribution in [0.4, 0.5) is 0 Å². The summed E-state index contributed by atoms with van der Waals surface area (Å²) in [7, 11) is 0. The van der Waals surface area contributed by atoms with E-state index in [2.05, 4.69) is 5.32 Å². The molecule has 0 aliphatic carbocycles. The quantitative estimate of drug-likeness (QED) is 0.847. The van der Waals surface area contributed by atoms with Crippen LogP contribution in [0.2, 0.25) is 0 Å². The van der Waals surface area contributed by atoms with Gasteiger partial charge in [-0.3, -0.25) is 9.59 Å². The summed E-state index contributed by atoms with van der Waals surface area (Å²) < 4.78 is 5.07. The minimum Gasteiger partial charge on any atom is -0.466 e. The molecule has 25 heavy (non-hydrogen) atoms. The summed E-state index contributed by atoms with van der Waals surface area (Å²) >= 11 is 0. The molecule has 3 atom stereocenters. The van der Waals surface area contributed by atoms with Crippen LogP contribution in [0.25, 0.3) is 0 Å². The van der Waals surface area contributed by atoms with E-state index in [1.54, 1.807) is 6.92 Å². The largest absolute Gasteiger partial charge is 0.466 e. The zero-order valence-electron chi connectivity index (χ0n) is 14.4. The van der Waals surface area contributed by atoms with E-state index in [0.717, 1.165) is 11.1 Å². The van der Waals surface area contributed by atoms with Gasteiger partial charge in [0.05, 0.1) is 13.0 Å². The van der Waals surface area contributed by atoms with Crippen LogP contribution in [0.5, 0.6) is 0 Å². The molecule has 0 aromatic heterocycles. The maximum absolute atomic E-state index is 12.9. The lowest BCUT2D eigenvalue weighted by atomic mass is 9.79. The molecule has 0 amide bonds. The van der Waals surface area contributed by atoms with Crippen LogP contribution in [0, 0.1) is 5.92 Å². The van der Waals surface area contributed by atoms with Crippen LogP contribution < -0.4 is 5.32 Å². The second-order valence-corrected chi connectivity index (χ2v) is 6.30. The molecule has 2 aromatic rings. The standard InChI is InChI=1S/C21H23NO3/c1-2-25-20(24)13-17-19(23)14-18(15-9-5-3-6-10-15)22-21(17)16-11-7-4-8-12-16/h3-12,17-18,21-22H,2,13-14H2,1H3/t17-,18-,21+/m0/s1. The van der Waals surface area contributed by atoms with Crippen LogP contribution in [0.3, 0.4) is 0 Å². The van der Waals surface area contributed by atoms with Gasteiger partial charge in [-0.1, -0.05) is 60.7 Å². The first kappa shape index (κ1) is 17.4. The molecule has 0 saturated carbocycles. The number of carbonyl (C=O) groups is 2. The van der Waals surface area contributed by atoms with Gasteiger partial charge in [0.1, 0.15) is 5.78 Å². The molecule has 1 heterocycles. The van der Waals surface area contributed by atoms with Gasteiger partial charge < -0.3 is 10.1 Å². The Morgan fingerprint density at radius 1 is 1.04 bits per heavy atom. The Balaban J connectivity index is 1.87. The highest BCUT2D eigenvalue weighted by Crippen LogP contribution is 2.36. The molecule has 4 nitrogen and oxygen atoms in total. The molecule has 1 fully saturated rings. The average Bonchev–Trinajstić information content (AvgIpc) is 2.65. The molecule has 1 saturated heterocycles. The van der Waals surface area contributed by atoms with Crippen molar-refractivity contribution in [2.45, 2.75) is 31.8 Å². The fourth-order valence-corrected chi connectivity index (χ4v) is 3.45. The maximum atomic E-state index is 12.9. The Morgan fingerprint density at radius 3 is 2.24 bits per heavy atom. The van der Waals surface area contributed by atoms with Gasteiger partial charge in [0, 0.05) is 24.4 Å². The predicted molar refractivity (Wildman–Crippen MR) is 95.9 cm³/mol. The summed E-state index contributed by atoms with van der Waals surface area (Å²) in [6, 6.07) is 19.6. The zero-order chi connectivity index (χ0) is 17.6. The molecule has 0 unspecified atom stereocenters. The summed E-state index contributed by atoms with van der Waals surface area (Å²) in [6.07, 6.45) is 0.498. The molecule has 1 N–H and O–H groups in total. The van der Waals surface area contributed by atoms with Crippen molar-refractivity contribution in [3.63, 3.8) is 0 Å². The lowest BCUT2D eigenvalue weighted by molar-refractivity contribution is -0.147. The molecule has 2 aromatic carbocycles. The number of ether oxygens (including phenoxy) is 1. The Morgan fingerprint density at radius 2 is 1.64 bits per heavy atom. The molecule has 0 spiro atoms. The summed E-state index contributed by atoms with van der Waals surface area (Å²) in [5.41, 5.74) is 2.11. The summed E-state index contributed by atoms with van der Waals surface area (Å²) in [5, 5.41) is 3.59. The highest BCUT2D eigenvalue weighted by Gasteiger charge is 2.38. The summed E-state index contributed by atoms with van der Waals surface area (Å²) in [5.74, 6) is -0.613. The van der Waals surface area contributed by atoms with E-state index in [4.69, 9.17) is 4.74 Å². The third kappa shape index (κ3) is 4.15. The number of carbonyl (C=O) groups excluding carboxylic acids is 2. The molecule has 1 aliphatic rings. The minimum atomic E-state index is -0.401. The van der Waals surface area contributed by atoms with E-state index in [-0.39, 0.29) is 30.3 Å². The highest BCUT2D eigenvalue weighted by atomic mass is 16.5.